The summed E-state index contributed by atoms with van der Waals surface area (Å²) in [6.07, 6.45) is 4.42. The Bertz CT molecular complexity index is 609. The summed E-state index contributed by atoms with van der Waals surface area (Å²) in [6, 6.07) is 0. The fourth-order valence-corrected chi connectivity index (χ4v) is 2.09. The highest BCUT2D eigenvalue weighted by Gasteiger charge is 2.12. The summed E-state index contributed by atoms with van der Waals surface area (Å²) in [7, 11) is 0. The van der Waals surface area contributed by atoms with Gasteiger partial charge in [-0.3, -0.25) is 0 Å². The van der Waals surface area contributed by atoms with Crippen molar-refractivity contribution in [1.29, 1.82) is 0 Å². The summed E-state index contributed by atoms with van der Waals surface area (Å²) >= 11 is 1.60. The van der Waals surface area contributed by atoms with E-state index >= 15 is 0 Å². The minimum Gasteiger partial charge on any atom is -0.240 e. The normalized spacial score (nSPS) is 10.9. The standard InChI is InChI=1S/C15H17N3S/c1-11-18-13(10-19-11)6-5-12-8-16-14(17-9-12)7-15(2,3)4/h8-10H,7H2,1-4H3. The van der Waals surface area contributed by atoms with Gasteiger partial charge >= 0.3 is 0 Å². The third kappa shape index (κ3) is 4.46. The number of rotatable bonds is 1. The van der Waals surface area contributed by atoms with Crippen LogP contribution in [0.4, 0.5) is 0 Å². The molecule has 0 saturated heterocycles. The summed E-state index contributed by atoms with van der Waals surface area (Å²) in [4.78, 5) is 13.0. The van der Waals surface area contributed by atoms with Gasteiger partial charge in [0.15, 0.2) is 0 Å². The Morgan fingerprint density at radius 1 is 1.16 bits per heavy atom. The lowest BCUT2D eigenvalue weighted by molar-refractivity contribution is 0.400. The fourth-order valence-electron chi connectivity index (χ4n) is 1.54. The van der Waals surface area contributed by atoms with Gasteiger partial charge in [0.25, 0.3) is 0 Å². The summed E-state index contributed by atoms with van der Waals surface area (Å²) in [5.74, 6) is 6.92. The van der Waals surface area contributed by atoms with E-state index in [1.807, 2.05) is 12.3 Å². The number of hydrogen-bond acceptors (Lipinski definition) is 4. The second-order valence-corrected chi connectivity index (χ2v) is 6.69. The van der Waals surface area contributed by atoms with Gasteiger partial charge in [0.1, 0.15) is 11.5 Å². The molecule has 19 heavy (non-hydrogen) atoms. The minimum atomic E-state index is 0.200. The molecule has 0 fully saturated rings. The molecule has 0 atom stereocenters. The quantitative estimate of drug-likeness (QED) is 0.747. The van der Waals surface area contributed by atoms with Crippen LogP contribution in [0.5, 0.6) is 0 Å². The molecule has 0 amide bonds. The van der Waals surface area contributed by atoms with E-state index in [-0.39, 0.29) is 5.41 Å². The van der Waals surface area contributed by atoms with Crippen LogP contribution in [0.15, 0.2) is 17.8 Å². The number of thiazole rings is 1. The van der Waals surface area contributed by atoms with Crippen molar-refractivity contribution in [3.05, 3.63) is 39.9 Å². The van der Waals surface area contributed by atoms with Crippen molar-refractivity contribution in [2.24, 2.45) is 5.41 Å². The van der Waals surface area contributed by atoms with E-state index < -0.39 is 0 Å². The molecule has 2 aromatic rings. The molecule has 0 aromatic carbocycles. The summed E-state index contributed by atoms with van der Waals surface area (Å²) in [5, 5.41) is 2.98. The van der Waals surface area contributed by atoms with Gasteiger partial charge < -0.3 is 0 Å². The van der Waals surface area contributed by atoms with Gasteiger partial charge in [-0.15, -0.1) is 11.3 Å². The first-order valence-corrected chi connectivity index (χ1v) is 7.05. The molecule has 2 rings (SSSR count). The first kappa shape index (κ1) is 13.7. The van der Waals surface area contributed by atoms with Gasteiger partial charge in [0.05, 0.1) is 10.6 Å². The molecule has 3 nitrogen and oxygen atoms in total. The van der Waals surface area contributed by atoms with Crippen LogP contribution >= 0.6 is 11.3 Å². The average Bonchev–Trinajstić information content (AvgIpc) is 2.72. The molecule has 2 aromatic heterocycles. The Balaban J connectivity index is 2.09. The Hall–Kier alpha value is -1.73. The number of nitrogens with zero attached hydrogens (tertiary/aromatic N) is 3. The Morgan fingerprint density at radius 3 is 2.37 bits per heavy atom. The minimum absolute atomic E-state index is 0.200. The van der Waals surface area contributed by atoms with E-state index in [9.17, 15) is 0 Å². The van der Waals surface area contributed by atoms with Crippen molar-refractivity contribution in [2.45, 2.75) is 34.1 Å². The smallest absolute Gasteiger partial charge is 0.128 e. The van der Waals surface area contributed by atoms with Crippen LogP contribution < -0.4 is 0 Å². The molecular weight excluding hydrogens is 254 g/mol. The molecule has 0 bridgehead atoms. The Labute approximate surface area is 118 Å². The van der Waals surface area contributed by atoms with E-state index in [1.54, 1.807) is 23.7 Å². The van der Waals surface area contributed by atoms with Gasteiger partial charge in [-0.2, -0.15) is 0 Å². The number of hydrogen-bond donors (Lipinski definition) is 0. The zero-order valence-electron chi connectivity index (χ0n) is 11.7. The van der Waals surface area contributed by atoms with Crippen molar-refractivity contribution < 1.29 is 0 Å². The predicted octanol–water partition coefficient (Wildman–Crippen LogP) is 3.23. The second-order valence-electron chi connectivity index (χ2n) is 5.63. The lowest BCUT2D eigenvalue weighted by atomic mass is 9.92. The Kier molecular flexibility index (Phi) is 3.96. The molecule has 2 heterocycles. The van der Waals surface area contributed by atoms with Gasteiger partial charge in [-0.25, -0.2) is 15.0 Å². The summed E-state index contributed by atoms with van der Waals surface area (Å²) < 4.78 is 0. The lowest BCUT2D eigenvalue weighted by Crippen LogP contribution is -2.11. The van der Waals surface area contributed by atoms with Gasteiger partial charge in [0.2, 0.25) is 0 Å². The van der Waals surface area contributed by atoms with Crippen molar-refractivity contribution in [1.82, 2.24) is 15.0 Å². The first-order chi connectivity index (χ1) is 8.92. The largest absolute Gasteiger partial charge is 0.240 e. The molecule has 0 aliphatic rings. The predicted molar refractivity (Wildman–Crippen MR) is 78.0 cm³/mol. The molecule has 0 saturated carbocycles. The van der Waals surface area contributed by atoms with Crippen molar-refractivity contribution in [3.63, 3.8) is 0 Å². The van der Waals surface area contributed by atoms with Gasteiger partial charge in [-0.1, -0.05) is 26.7 Å². The molecule has 0 unspecified atom stereocenters. The topological polar surface area (TPSA) is 38.7 Å². The van der Waals surface area contributed by atoms with Crippen LogP contribution in [0.25, 0.3) is 0 Å². The van der Waals surface area contributed by atoms with Crippen LogP contribution in [0.3, 0.4) is 0 Å². The summed E-state index contributed by atoms with van der Waals surface area (Å²) in [5.41, 5.74) is 1.83. The highest BCUT2D eigenvalue weighted by Crippen LogP contribution is 2.17. The summed E-state index contributed by atoms with van der Waals surface area (Å²) in [6.45, 7) is 8.50. The van der Waals surface area contributed by atoms with E-state index in [1.165, 1.54) is 0 Å². The molecular formula is C15H17N3S. The lowest BCUT2D eigenvalue weighted by Gasteiger charge is -2.16. The molecule has 98 valence electrons. The molecule has 0 N–H and O–H groups in total. The van der Waals surface area contributed by atoms with E-state index in [2.05, 4.69) is 47.6 Å². The highest BCUT2D eigenvalue weighted by molar-refractivity contribution is 7.09. The Morgan fingerprint density at radius 2 is 1.84 bits per heavy atom. The van der Waals surface area contributed by atoms with Crippen molar-refractivity contribution in [3.8, 4) is 11.8 Å². The van der Waals surface area contributed by atoms with E-state index in [4.69, 9.17) is 0 Å². The van der Waals surface area contributed by atoms with Crippen molar-refractivity contribution >= 4 is 11.3 Å². The van der Waals surface area contributed by atoms with Crippen LogP contribution in [0.2, 0.25) is 0 Å². The number of aryl methyl sites for hydroxylation is 1. The average molecular weight is 271 g/mol. The molecule has 0 aliphatic carbocycles. The monoisotopic (exact) mass is 271 g/mol. The maximum Gasteiger partial charge on any atom is 0.128 e. The van der Waals surface area contributed by atoms with Crippen LogP contribution in [-0.4, -0.2) is 15.0 Å². The van der Waals surface area contributed by atoms with Crippen LogP contribution in [-0.2, 0) is 6.42 Å². The fraction of sp³-hybridized carbons (Fsp3) is 0.400. The molecule has 4 heteroatoms. The SMILES string of the molecule is Cc1nc(C#Cc2cnc(CC(C)(C)C)nc2)cs1. The first-order valence-electron chi connectivity index (χ1n) is 6.17. The zero-order chi connectivity index (χ0) is 13.9. The highest BCUT2D eigenvalue weighted by atomic mass is 32.1. The van der Waals surface area contributed by atoms with Gasteiger partial charge in [-0.05, 0) is 18.3 Å². The number of aromatic nitrogens is 3. The maximum absolute atomic E-state index is 4.35. The third-order valence-corrected chi connectivity index (χ3v) is 3.12. The van der Waals surface area contributed by atoms with Crippen LogP contribution in [0.1, 0.15) is 42.9 Å². The molecule has 0 radical (unpaired) electrons. The molecule has 0 aliphatic heterocycles. The zero-order valence-corrected chi connectivity index (χ0v) is 12.5. The van der Waals surface area contributed by atoms with Crippen LogP contribution in [0, 0.1) is 24.2 Å². The van der Waals surface area contributed by atoms with E-state index in [0.29, 0.717) is 0 Å². The van der Waals surface area contributed by atoms with Crippen molar-refractivity contribution in [2.75, 3.05) is 0 Å². The van der Waals surface area contributed by atoms with Gasteiger partial charge in [0, 0.05) is 24.2 Å². The molecule has 0 spiro atoms. The maximum atomic E-state index is 4.35. The third-order valence-electron chi connectivity index (χ3n) is 2.35. The van der Waals surface area contributed by atoms with E-state index in [0.717, 1.165) is 28.5 Å². The second kappa shape index (κ2) is 5.50.